The summed E-state index contributed by atoms with van der Waals surface area (Å²) < 4.78 is 26.6. The summed E-state index contributed by atoms with van der Waals surface area (Å²) in [5, 5.41) is 11.0. The van der Waals surface area contributed by atoms with Crippen molar-refractivity contribution in [3.63, 3.8) is 0 Å². The first-order valence-electron chi connectivity index (χ1n) is 7.34. The average Bonchev–Trinajstić information content (AvgIpc) is 2.59. The van der Waals surface area contributed by atoms with E-state index in [0.29, 0.717) is 0 Å². The molecule has 2 aromatic carbocycles. The fourth-order valence-electron chi connectivity index (χ4n) is 2.69. The molecule has 0 unspecified atom stereocenters. The molecule has 8 heteroatoms. The molecule has 0 saturated carbocycles. The Balaban J connectivity index is 2.25. The molecule has 0 aromatic heterocycles. The number of aliphatic hydroxyl groups excluding tert-OH is 1. The third kappa shape index (κ3) is 2.80. The Labute approximate surface area is 155 Å². The molecule has 0 aliphatic carbocycles. The zero-order valence-electron chi connectivity index (χ0n) is 13.0. The highest BCUT2D eigenvalue weighted by Crippen LogP contribution is 2.37. The third-order valence-corrected chi connectivity index (χ3v) is 6.54. The van der Waals surface area contributed by atoms with Crippen LogP contribution in [-0.4, -0.2) is 30.2 Å². The van der Waals surface area contributed by atoms with Crippen LogP contribution in [0.2, 0.25) is 10.0 Å². The largest absolute Gasteiger partial charge is 0.505 e. The topological polar surface area (TPSA) is 74.7 Å². The highest BCUT2D eigenvalue weighted by molar-refractivity contribution is 7.89. The smallest absolute Gasteiger partial charge is 0.265 e. The number of ketones is 1. The number of Topliss-reactive ketones (excluding diaryl/α,β-unsaturated/α-hetero) is 1. The number of carbonyl (C=O) groups is 1. The Morgan fingerprint density at radius 1 is 1.12 bits per heavy atom. The van der Waals surface area contributed by atoms with E-state index < -0.39 is 15.8 Å². The molecule has 0 amide bonds. The minimum atomic E-state index is -3.95. The lowest BCUT2D eigenvalue weighted by Gasteiger charge is -2.30. The first-order valence-corrected chi connectivity index (χ1v) is 9.53. The van der Waals surface area contributed by atoms with Crippen LogP contribution in [0.25, 0.3) is 5.76 Å². The van der Waals surface area contributed by atoms with E-state index in [2.05, 4.69) is 0 Å². The van der Waals surface area contributed by atoms with E-state index in [1.807, 2.05) is 0 Å². The number of sulfonamides is 1. The third-order valence-electron chi connectivity index (χ3n) is 3.87. The fourth-order valence-corrected chi connectivity index (χ4v) is 4.67. The van der Waals surface area contributed by atoms with Crippen LogP contribution in [-0.2, 0) is 10.0 Å². The van der Waals surface area contributed by atoms with Crippen molar-refractivity contribution in [2.45, 2.75) is 11.8 Å². The van der Waals surface area contributed by atoms with Crippen LogP contribution >= 0.6 is 23.2 Å². The van der Waals surface area contributed by atoms with Gasteiger partial charge < -0.3 is 5.11 Å². The molecule has 0 saturated heterocycles. The molecule has 0 spiro atoms. The normalized spacial score (nSPS) is 15.9. The minimum absolute atomic E-state index is 0.0108. The SMILES string of the molecule is CCN1C(C(=O)c2ccc(Cl)c(Cl)c2)=C(O)c2ccccc2S1(=O)=O. The fraction of sp³-hybridized carbons (Fsp3) is 0.118. The Kier molecular flexibility index (Phi) is 4.53. The summed E-state index contributed by atoms with van der Waals surface area (Å²) in [5.41, 5.74) is -0.0841. The van der Waals surface area contributed by atoms with Crippen molar-refractivity contribution in [2.75, 3.05) is 6.54 Å². The lowest BCUT2D eigenvalue weighted by molar-refractivity contribution is 0.101. The summed E-state index contributed by atoms with van der Waals surface area (Å²) in [6.07, 6.45) is 0. The zero-order valence-corrected chi connectivity index (χ0v) is 15.4. The van der Waals surface area contributed by atoms with Crippen molar-refractivity contribution in [3.8, 4) is 0 Å². The number of rotatable bonds is 3. The van der Waals surface area contributed by atoms with Gasteiger partial charge in [0.05, 0.1) is 14.9 Å². The van der Waals surface area contributed by atoms with Crippen LogP contribution in [0.4, 0.5) is 0 Å². The molecular formula is C17H13Cl2NO4S. The molecule has 2 aromatic rings. The number of hydrogen-bond acceptors (Lipinski definition) is 4. The van der Waals surface area contributed by atoms with Crippen LogP contribution in [0.3, 0.4) is 0 Å². The number of benzene rings is 2. The monoisotopic (exact) mass is 397 g/mol. The molecule has 1 heterocycles. The molecule has 5 nitrogen and oxygen atoms in total. The number of aliphatic hydroxyl groups is 1. The lowest BCUT2D eigenvalue weighted by Crippen LogP contribution is -2.38. The van der Waals surface area contributed by atoms with E-state index in [0.717, 1.165) is 4.31 Å². The standard InChI is InChI=1S/C17H13Cl2NO4S/c1-2-20-15(16(21)10-7-8-12(18)13(19)9-10)17(22)11-5-3-4-6-14(11)25(20,23)24/h3-9,22H,2H2,1H3. The second-order valence-corrected chi connectivity index (χ2v) is 7.97. The maximum atomic E-state index is 12.9. The van der Waals surface area contributed by atoms with E-state index in [1.165, 1.54) is 30.3 Å². The Morgan fingerprint density at radius 3 is 2.44 bits per heavy atom. The Bertz CT molecular complexity index is 1020. The number of nitrogens with zero attached hydrogens (tertiary/aromatic N) is 1. The summed E-state index contributed by atoms with van der Waals surface area (Å²) in [7, 11) is -3.95. The number of halogens is 2. The molecule has 1 N–H and O–H groups in total. The van der Waals surface area contributed by atoms with Crippen LogP contribution in [0, 0.1) is 0 Å². The van der Waals surface area contributed by atoms with Gasteiger partial charge in [-0.1, -0.05) is 35.3 Å². The summed E-state index contributed by atoms with van der Waals surface area (Å²) in [6.45, 7) is 1.57. The van der Waals surface area contributed by atoms with Crippen molar-refractivity contribution in [3.05, 3.63) is 69.3 Å². The van der Waals surface area contributed by atoms with Crippen LogP contribution in [0.5, 0.6) is 0 Å². The van der Waals surface area contributed by atoms with E-state index in [9.17, 15) is 18.3 Å². The van der Waals surface area contributed by atoms with Crippen molar-refractivity contribution < 1.29 is 18.3 Å². The average molecular weight is 398 g/mol. The van der Waals surface area contributed by atoms with E-state index >= 15 is 0 Å². The summed E-state index contributed by atoms with van der Waals surface area (Å²) in [5.74, 6) is -1.04. The maximum absolute atomic E-state index is 12.9. The van der Waals surface area contributed by atoms with Crippen LogP contribution < -0.4 is 0 Å². The van der Waals surface area contributed by atoms with Crippen LogP contribution in [0.1, 0.15) is 22.8 Å². The van der Waals surface area contributed by atoms with Gasteiger partial charge in [0.25, 0.3) is 10.0 Å². The van der Waals surface area contributed by atoms with Gasteiger partial charge in [0.15, 0.2) is 5.76 Å². The Hall–Kier alpha value is -2.02. The molecule has 1 aliphatic rings. The second kappa shape index (κ2) is 6.37. The first kappa shape index (κ1) is 17.8. The molecule has 25 heavy (non-hydrogen) atoms. The first-order chi connectivity index (χ1) is 11.8. The Morgan fingerprint density at radius 2 is 1.80 bits per heavy atom. The second-order valence-electron chi connectivity index (χ2n) is 5.32. The molecule has 0 bridgehead atoms. The molecule has 1 aliphatic heterocycles. The van der Waals surface area contributed by atoms with Gasteiger partial charge in [0.1, 0.15) is 5.70 Å². The molecule has 0 radical (unpaired) electrons. The number of likely N-dealkylation sites (N-methyl/N-ethyl adjacent to an activating group) is 1. The van der Waals surface area contributed by atoms with Gasteiger partial charge in [0, 0.05) is 17.7 Å². The molecular weight excluding hydrogens is 385 g/mol. The molecule has 0 fully saturated rings. The van der Waals surface area contributed by atoms with Gasteiger partial charge in [0.2, 0.25) is 5.78 Å². The molecule has 3 rings (SSSR count). The van der Waals surface area contributed by atoms with Crippen molar-refractivity contribution in [1.82, 2.24) is 4.31 Å². The van der Waals surface area contributed by atoms with E-state index in [1.54, 1.807) is 19.1 Å². The highest BCUT2D eigenvalue weighted by atomic mass is 35.5. The molecule has 0 atom stereocenters. The van der Waals surface area contributed by atoms with Gasteiger partial charge in [-0.15, -0.1) is 0 Å². The minimum Gasteiger partial charge on any atom is -0.505 e. The zero-order chi connectivity index (χ0) is 18.4. The number of allylic oxidation sites excluding steroid dienone is 1. The number of hydrogen-bond donors (Lipinski definition) is 1. The lowest BCUT2D eigenvalue weighted by atomic mass is 10.0. The maximum Gasteiger partial charge on any atom is 0.265 e. The predicted molar refractivity (Wildman–Crippen MR) is 96.3 cm³/mol. The molecule has 130 valence electrons. The van der Waals surface area contributed by atoms with Crippen molar-refractivity contribution in [2.24, 2.45) is 0 Å². The van der Waals surface area contributed by atoms with Gasteiger partial charge >= 0.3 is 0 Å². The van der Waals surface area contributed by atoms with Crippen LogP contribution in [0.15, 0.2) is 53.1 Å². The quantitative estimate of drug-likeness (QED) is 0.790. The van der Waals surface area contributed by atoms with Crippen molar-refractivity contribution >= 4 is 44.8 Å². The summed E-state index contributed by atoms with van der Waals surface area (Å²) in [6, 6.07) is 10.2. The van der Waals surface area contributed by atoms with E-state index in [4.69, 9.17) is 23.2 Å². The summed E-state index contributed by atoms with van der Waals surface area (Å²) in [4.78, 5) is 12.9. The van der Waals surface area contributed by atoms with Crippen molar-refractivity contribution in [1.29, 1.82) is 0 Å². The highest BCUT2D eigenvalue weighted by Gasteiger charge is 2.39. The van der Waals surface area contributed by atoms with E-state index in [-0.39, 0.29) is 44.1 Å². The summed E-state index contributed by atoms with van der Waals surface area (Å²) >= 11 is 11.8. The predicted octanol–water partition coefficient (Wildman–Crippen LogP) is 4.13. The van der Waals surface area contributed by atoms with Gasteiger partial charge in [-0.05, 0) is 37.3 Å². The van der Waals surface area contributed by atoms with Gasteiger partial charge in [-0.2, -0.15) is 0 Å². The number of fused-ring (bicyclic) bond motifs is 1. The van der Waals surface area contributed by atoms with Gasteiger partial charge in [-0.3, -0.25) is 9.10 Å². The number of carbonyl (C=O) groups excluding carboxylic acids is 1. The van der Waals surface area contributed by atoms with Gasteiger partial charge in [-0.25, -0.2) is 8.42 Å².